The second kappa shape index (κ2) is 8.63. The van der Waals surface area contributed by atoms with Crippen LogP contribution in [0.4, 0.5) is 0 Å². The lowest BCUT2D eigenvalue weighted by Gasteiger charge is -2.17. The minimum atomic E-state index is -0.833. The highest BCUT2D eigenvalue weighted by atomic mass is 35.5. The van der Waals surface area contributed by atoms with Crippen LogP contribution >= 0.6 is 23.2 Å². The van der Waals surface area contributed by atoms with Gasteiger partial charge in [-0.2, -0.15) is 0 Å². The molecule has 0 fully saturated rings. The van der Waals surface area contributed by atoms with Crippen molar-refractivity contribution >= 4 is 35.1 Å². The van der Waals surface area contributed by atoms with E-state index in [-0.39, 0.29) is 16.3 Å². The number of halogens is 2. The zero-order valence-electron chi connectivity index (χ0n) is 11.3. The van der Waals surface area contributed by atoms with Crippen LogP contribution < -0.4 is 10.6 Å². The Hall–Kier alpha value is -1.50. The summed E-state index contributed by atoms with van der Waals surface area (Å²) in [4.78, 5) is 20.9. The van der Waals surface area contributed by atoms with Crippen LogP contribution in [0.15, 0.2) is 12.1 Å². The first-order chi connectivity index (χ1) is 9.26. The van der Waals surface area contributed by atoms with Crippen LogP contribution in [0, 0.1) is 0 Å². The highest BCUT2D eigenvalue weighted by Gasteiger charge is 2.21. The molecule has 3 N–H and O–H groups in total. The molecule has 0 aliphatic rings. The Morgan fingerprint density at radius 3 is 2.20 bits per heavy atom. The summed E-state index contributed by atoms with van der Waals surface area (Å²) >= 11 is 11.8. The van der Waals surface area contributed by atoms with E-state index in [2.05, 4.69) is 0 Å². The first kappa shape index (κ1) is 18.5. The quantitative estimate of drug-likeness (QED) is 0.506. The molecule has 20 heavy (non-hydrogen) atoms. The van der Waals surface area contributed by atoms with Crippen LogP contribution in [0.3, 0.4) is 0 Å². The third kappa shape index (κ3) is 5.24. The maximum Gasteiger partial charge on any atom is 0.300 e. The zero-order valence-corrected chi connectivity index (χ0v) is 12.8. The molecule has 0 unspecified atom stereocenters. The second-order valence-corrected chi connectivity index (χ2v) is 4.36. The fourth-order valence-electron chi connectivity index (χ4n) is 1.22. The standard InChI is InChI=1S/C10H12Cl2N2O2.C2H4O2/c1-3-14(13)10(15)8-6(11)4-5-7(12)9(8)16-2;1-2(3)4/h4-5H,3,13H2,1-2H3;1H3,(H,3,4). The topological polar surface area (TPSA) is 92.9 Å². The molecule has 0 spiro atoms. The minimum absolute atomic E-state index is 0.181. The molecule has 6 nitrogen and oxygen atoms in total. The summed E-state index contributed by atoms with van der Waals surface area (Å²) in [5.74, 6) is 4.50. The summed E-state index contributed by atoms with van der Waals surface area (Å²) in [6, 6.07) is 3.09. The lowest BCUT2D eigenvalue weighted by Crippen LogP contribution is -2.37. The minimum Gasteiger partial charge on any atom is -0.494 e. The van der Waals surface area contributed by atoms with Gasteiger partial charge in [0.25, 0.3) is 11.9 Å². The van der Waals surface area contributed by atoms with Gasteiger partial charge >= 0.3 is 0 Å². The predicted octanol–water partition coefficient (Wildman–Crippen LogP) is 2.43. The number of aliphatic carboxylic acids is 1. The van der Waals surface area contributed by atoms with E-state index in [9.17, 15) is 4.79 Å². The fraction of sp³-hybridized carbons (Fsp3) is 0.333. The number of ether oxygens (including phenoxy) is 1. The summed E-state index contributed by atoms with van der Waals surface area (Å²) in [6.07, 6.45) is 0. The molecule has 0 atom stereocenters. The number of rotatable bonds is 3. The molecule has 112 valence electrons. The third-order valence-electron chi connectivity index (χ3n) is 2.08. The van der Waals surface area contributed by atoms with E-state index in [0.29, 0.717) is 11.6 Å². The molecule has 1 rings (SSSR count). The van der Waals surface area contributed by atoms with E-state index < -0.39 is 11.9 Å². The van der Waals surface area contributed by atoms with Gasteiger partial charge in [-0.15, -0.1) is 0 Å². The number of nitrogens with two attached hydrogens (primary N) is 1. The molecule has 0 radical (unpaired) electrons. The van der Waals surface area contributed by atoms with E-state index in [1.807, 2.05) is 0 Å². The van der Waals surface area contributed by atoms with Gasteiger partial charge in [0.15, 0.2) is 5.75 Å². The molecular formula is C12H16Cl2N2O4. The van der Waals surface area contributed by atoms with E-state index in [1.54, 1.807) is 13.0 Å². The van der Waals surface area contributed by atoms with Crippen molar-refractivity contribution in [3.63, 3.8) is 0 Å². The molecule has 0 aliphatic carbocycles. The smallest absolute Gasteiger partial charge is 0.300 e. The summed E-state index contributed by atoms with van der Waals surface area (Å²) in [7, 11) is 1.42. The molecular weight excluding hydrogens is 307 g/mol. The van der Waals surface area contributed by atoms with Crippen LogP contribution in [0.1, 0.15) is 24.2 Å². The Balaban J connectivity index is 0.000000796. The zero-order chi connectivity index (χ0) is 15.9. The van der Waals surface area contributed by atoms with Crippen molar-refractivity contribution in [1.82, 2.24) is 5.01 Å². The highest BCUT2D eigenvalue weighted by Crippen LogP contribution is 2.34. The summed E-state index contributed by atoms with van der Waals surface area (Å²) in [5, 5.41) is 9.04. The van der Waals surface area contributed by atoms with Crippen molar-refractivity contribution in [3.05, 3.63) is 27.7 Å². The van der Waals surface area contributed by atoms with Gasteiger partial charge in [-0.1, -0.05) is 23.2 Å². The van der Waals surface area contributed by atoms with Crippen LogP contribution in [-0.4, -0.2) is 35.6 Å². The van der Waals surface area contributed by atoms with Crippen LogP contribution in [-0.2, 0) is 4.79 Å². The van der Waals surface area contributed by atoms with E-state index >= 15 is 0 Å². The monoisotopic (exact) mass is 322 g/mol. The molecule has 1 amide bonds. The first-order valence-electron chi connectivity index (χ1n) is 5.54. The molecule has 0 heterocycles. The number of nitrogens with zero attached hydrogens (tertiary/aromatic N) is 1. The van der Waals surface area contributed by atoms with Gasteiger partial charge in [-0.3, -0.25) is 14.6 Å². The molecule has 0 aromatic heterocycles. The third-order valence-corrected chi connectivity index (χ3v) is 2.69. The predicted molar refractivity (Wildman–Crippen MR) is 77.2 cm³/mol. The van der Waals surface area contributed by atoms with Crippen molar-refractivity contribution in [2.45, 2.75) is 13.8 Å². The number of amides is 1. The van der Waals surface area contributed by atoms with Crippen LogP contribution in [0.25, 0.3) is 0 Å². The number of carbonyl (C=O) groups is 2. The summed E-state index contributed by atoms with van der Waals surface area (Å²) in [6.45, 7) is 3.20. The molecule has 0 saturated heterocycles. The first-order valence-corrected chi connectivity index (χ1v) is 6.29. The maximum atomic E-state index is 11.9. The van der Waals surface area contributed by atoms with E-state index in [4.69, 9.17) is 43.7 Å². The Kier molecular flexibility index (Phi) is 7.98. The van der Waals surface area contributed by atoms with Gasteiger partial charge in [0.05, 0.1) is 17.2 Å². The highest BCUT2D eigenvalue weighted by molar-refractivity contribution is 6.37. The van der Waals surface area contributed by atoms with Gasteiger partial charge in [-0.25, -0.2) is 5.84 Å². The number of carbonyl (C=O) groups excluding carboxylic acids is 1. The van der Waals surface area contributed by atoms with Crippen molar-refractivity contribution < 1.29 is 19.4 Å². The van der Waals surface area contributed by atoms with Gasteiger partial charge in [-0.05, 0) is 19.1 Å². The number of carboxylic acids is 1. The summed E-state index contributed by atoms with van der Waals surface area (Å²) < 4.78 is 5.05. The van der Waals surface area contributed by atoms with Gasteiger partial charge < -0.3 is 9.84 Å². The maximum absolute atomic E-state index is 11.9. The Morgan fingerprint density at radius 2 is 1.80 bits per heavy atom. The molecule has 0 aliphatic heterocycles. The lowest BCUT2D eigenvalue weighted by molar-refractivity contribution is -0.134. The number of methoxy groups -OCH3 is 1. The summed E-state index contributed by atoms with van der Waals surface area (Å²) in [5.41, 5.74) is 0.181. The van der Waals surface area contributed by atoms with E-state index in [0.717, 1.165) is 11.9 Å². The number of carboxylic acid groups (broad SMARTS) is 1. The van der Waals surface area contributed by atoms with E-state index in [1.165, 1.54) is 13.2 Å². The molecule has 8 heteroatoms. The Labute approximate surface area is 127 Å². The average molecular weight is 323 g/mol. The Morgan fingerprint density at radius 1 is 1.35 bits per heavy atom. The van der Waals surface area contributed by atoms with Crippen molar-refractivity contribution in [2.75, 3.05) is 13.7 Å². The van der Waals surface area contributed by atoms with Gasteiger partial charge in [0, 0.05) is 13.5 Å². The SMILES string of the molecule is CC(=O)O.CCN(N)C(=O)c1c(Cl)ccc(Cl)c1OC. The number of hydrazine groups is 1. The fourth-order valence-corrected chi connectivity index (χ4v) is 1.68. The molecule has 1 aromatic rings. The average Bonchev–Trinajstić information content (AvgIpc) is 2.38. The van der Waals surface area contributed by atoms with Gasteiger partial charge in [0.1, 0.15) is 5.56 Å². The second-order valence-electron chi connectivity index (χ2n) is 3.55. The molecule has 0 saturated carbocycles. The number of hydrogen-bond donors (Lipinski definition) is 2. The van der Waals surface area contributed by atoms with Crippen molar-refractivity contribution in [3.8, 4) is 5.75 Å². The molecule has 0 bridgehead atoms. The van der Waals surface area contributed by atoms with Crippen molar-refractivity contribution in [2.24, 2.45) is 5.84 Å². The Bertz CT molecular complexity index is 491. The number of hydrogen-bond acceptors (Lipinski definition) is 4. The van der Waals surface area contributed by atoms with Gasteiger partial charge in [0.2, 0.25) is 0 Å². The van der Waals surface area contributed by atoms with Crippen molar-refractivity contribution in [1.29, 1.82) is 0 Å². The van der Waals surface area contributed by atoms with Crippen LogP contribution in [0.2, 0.25) is 10.0 Å². The lowest BCUT2D eigenvalue weighted by atomic mass is 10.2. The normalized spacial score (nSPS) is 9.30. The molecule has 1 aromatic carbocycles. The number of benzene rings is 1. The largest absolute Gasteiger partial charge is 0.494 e. The van der Waals surface area contributed by atoms with Crippen LogP contribution in [0.5, 0.6) is 5.75 Å².